The molecular formula is C14H18N6O2. The Morgan fingerprint density at radius 3 is 2.77 bits per heavy atom. The van der Waals surface area contributed by atoms with Crippen LogP contribution in [-0.4, -0.2) is 55.9 Å². The van der Waals surface area contributed by atoms with Crippen LogP contribution in [0.15, 0.2) is 18.6 Å². The summed E-state index contributed by atoms with van der Waals surface area (Å²) in [6, 6.07) is 0.366. The van der Waals surface area contributed by atoms with Gasteiger partial charge in [0.25, 0.3) is 0 Å². The molecule has 0 atom stereocenters. The minimum Gasteiger partial charge on any atom is -0.476 e. The second-order valence-electron chi connectivity index (χ2n) is 5.54. The van der Waals surface area contributed by atoms with E-state index in [2.05, 4.69) is 27.0 Å². The molecule has 8 heteroatoms. The predicted molar refractivity (Wildman–Crippen MR) is 80.4 cm³/mol. The second-order valence-corrected chi connectivity index (χ2v) is 5.54. The van der Waals surface area contributed by atoms with Crippen LogP contribution in [0.25, 0.3) is 11.3 Å². The van der Waals surface area contributed by atoms with Crippen molar-refractivity contribution in [1.29, 1.82) is 0 Å². The van der Waals surface area contributed by atoms with Gasteiger partial charge in [0, 0.05) is 11.8 Å². The van der Waals surface area contributed by atoms with E-state index in [9.17, 15) is 4.79 Å². The van der Waals surface area contributed by atoms with Crippen LogP contribution in [0.3, 0.4) is 0 Å². The number of carbonyl (C=O) groups is 1. The summed E-state index contributed by atoms with van der Waals surface area (Å²) in [6.07, 6.45) is 7.14. The van der Waals surface area contributed by atoms with E-state index in [1.165, 1.54) is 6.20 Å². The molecule has 3 N–H and O–H groups in total. The summed E-state index contributed by atoms with van der Waals surface area (Å²) in [5.74, 6) is -1.27. The molecule has 116 valence electrons. The summed E-state index contributed by atoms with van der Waals surface area (Å²) in [7, 11) is 2.11. The molecule has 1 saturated heterocycles. The first kappa shape index (κ1) is 14.5. The topological polar surface area (TPSA) is 110 Å². The van der Waals surface area contributed by atoms with Gasteiger partial charge in [-0.15, -0.1) is 0 Å². The summed E-state index contributed by atoms with van der Waals surface area (Å²) in [6.45, 7) is 2.09. The third-order valence-corrected chi connectivity index (χ3v) is 3.96. The van der Waals surface area contributed by atoms with Crippen molar-refractivity contribution >= 4 is 11.8 Å². The molecule has 0 bridgehead atoms. The maximum Gasteiger partial charge on any atom is 0.358 e. The van der Waals surface area contributed by atoms with Gasteiger partial charge < -0.3 is 15.7 Å². The molecule has 2 aromatic heterocycles. The number of carboxylic acids is 1. The van der Waals surface area contributed by atoms with Crippen LogP contribution >= 0.6 is 0 Å². The molecule has 1 fully saturated rings. The third kappa shape index (κ3) is 2.77. The van der Waals surface area contributed by atoms with E-state index in [0.717, 1.165) is 31.5 Å². The quantitative estimate of drug-likeness (QED) is 0.866. The highest BCUT2D eigenvalue weighted by atomic mass is 16.4. The number of rotatable bonds is 3. The Labute approximate surface area is 127 Å². The van der Waals surface area contributed by atoms with Gasteiger partial charge in [0.1, 0.15) is 0 Å². The molecule has 0 spiro atoms. The zero-order chi connectivity index (χ0) is 15.7. The van der Waals surface area contributed by atoms with E-state index in [0.29, 0.717) is 11.7 Å². The molecule has 1 aliphatic heterocycles. The Morgan fingerprint density at radius 1 is 1.36 bits per heavy atom. The number of carboxylic acid groups (broad SMARTS) is 1. The average molecular weight is 302 g/mol. The van der Waals surface area contributed by atoms with Gasteiger partial charge in [0.15, 0.2) is 11.5 Å². The van der Waals surface area contributed by atoms with Crippen molar-refractivity contribution in [1.82, 2.24) is 24.6 Å². The minimum atomic E-state index is -1.19. The molecule has 3 rings (SSSR count). The third-order valence-electron chi connectivity index (χ3n) is 3.96. The molecule has 0 unspecified atom stereocenters. The molecule has 3 heterocycles. The first-order valence-corrected chi connectivity index (χ1v) is 7.13. The summed E-state index contributed by atoms with van der Waals surface area (Å²) in [5.41, 5.74) is 6.50. The molecule has 0 aromatic carbocycles. The van der Waals surface area contributed by atoms with Crippen molar-refractivity contribution in [3.05, 3.63) is 24.3 Å². The van der Waals surface area contributed by atoms with Gasteiger partial charge in [-0.1, -0.05) is 0 Å². The van der Waals surface area contributed by atoms with E-state index in [-0.39, 0.29) is 11.5 Å². The lowest BCUT2D eigenvalue weighted by Gasteiger charge is -2.28. The highest BCUT2D eigenvalue weighted by Crippen LogP contribution is 2.24. The fourth-order valence-corrected chi connectivity index (χ4v) is 2.62. The fourth-order valence-electron chi connectivity index (χ4n) is 2.62. The molecule has 0 radical (unpaired) electrons. The predicted octanol–water partition coefficient (Wildman–Crippen LogP) is 0.887. The number of aromatic nitrogens is 4. The van der Waals surface area contributed by atoms with Crippen molar-refractivity contribution in [2.75, 3.05) is 25.9 Å². The Hall–Kier alpha value is -2.48. The Balaban J connectivity index is 1.85. The molecular weight excluding hydrogens is 284 g/mol. The first-order chi connectivity index (χ1) is 10.5. The lowest BCUT2D eigenvalue weighted by molar-refractivity contribution is 0.0691. The number of anilines is 1. The lowest BCUT2D eigenvalue weighted by Crippen LogP contribution is -2.31. The molecule has 0 saturated carbocycles. The largest absolute Gasteiger partial charge is 0.476 e. The van der Waals surface area contributed by atoms with Gasteiger partial charge in [0.2, 0.25) is 0 Å². The normalized spacial score (nSPS) is 16.8. The van der Waals surface area contributed by atoms with Crippen molar-refractivity contribution < 1.29 is 9.90 Å². The number of hydrogen-bond donors (Lipinski definition) is 2. The molecule has 2 aromatic rings. The van der Waals surface area contributed by atoms with Gasteiger partial charge in [-0.25, -0.2) is 14.8 Å². The molecule has 1 aliphatic rings. The lowest BCUT2D eigenvalue weighted by atomic mass is 10.1. The van der Waals surface area contributed by atoms with Crippen LogP contribution in [0.4, 0.5) is 5.82 Å². The molecule has 0 amide bonds. The molecule has 8 nitrogen and oxygen atoms in total. The SMILES string of the molecule is CN1CCC(n2cc(-c3cnc(N)c(C(=O)O)n3)cn2)CC1. The smallest absolute Gasteiger partial charge is 0.358 e. The molecule has 22 heavy (non-hydrogen) atoms. The minimum absolute atomic E-state index is 0.0843. The zero-order valence-corrected chi connectivity index (χ0v) is 12.3. The van der Waals surface area contributed by atoms with Crippen LogP contribution in [0, 0.1) is 0 Å². The highest BCUT2D eigenvalue weighted by Gasteiger charge is 2.20. The standard InChI is InChI=1S/C14H18N6O2/c1-19-4-2-10(3-5-19)20-8-9(6-17-20)11-7-16-13(15)12(18-11)14(21)22/h6-8,10H,2-5H2,1H3,(H2,15,16)(H,21,22). The average Bonchev–Trinajstić information content (AvgIpc) is 2.98. The van der Waals surface area contributed by atoms with Crippen LogP contribution in [-0.2, 0) is 0 Å². The number of hydrogen-bond acceptors (Lipinski definition) is 6. The summed E-state index contributed by atoms with van der Waals surface area (Å²) in [4.78, 5) is 21.3. The number of aromatic carboxylic acids is 1. The van der Waals surface area contributed by atoms with Crippen molar-refractivity contribution in [3.8, 4) is 11.3 Å². The monoisotopic (exact) mass is 302 g/mol. The maximum absolute atomic E-state index is 11.1. The molecule has 0 aliphatic carbocycles. The van der Waals surface area contributed by atoms with E-state index >= 15 is 0 Å². The zero-order valence-electron chi connectivity index (χ0n) is 12.3. The second kappa shape index (κ2) is 5.72. The number of likely N-dealkylation sites (tertiary alicyclic amines) is 1. The summed E-state index contributed by atoms with van der Waals surface area (Å²) >= 11 is 0. The van der Waals surface area contributed by atoms with Crippen molar-refractivity contribution in [2.45, 2.75) is 18.9 Å². The van der Waals surface area contributed by atoms with Crippen LogP contribution in [0.2, 0.25) is 0 Å². The summed E-state index contributed by atoms with van der Waals surface area (Å²) in [5, 5.41) is 13.5. The van der Waals surface area contributed by atoms with Crippen molar-refractivity contribution in [3.63, 3.8) is 0 Å². The van der Waals surface area contributed by atoms with E-state index in [1.54, 1.807) is 6.20 Å². The van der Waals surface area contributed by atoms with Crippen LogP contribution in [0.1, 0.15) is 29.4 Å². The van der Waals surface area contributed by atoms with E-state index in [4.69, 9.17) is 10.8 Å². The highest BCUT2D eigenvalue weighted by molar-refractivity contribution is 5.90. The first-order valence-electron chi connectivity index (χ1n) is 7.13. The van der Waals surface area contributed by atoms with Gasteiger partial charge >= 0.3 is 5.97 Å². The van der Waals surface area contributed by atoms with E-state index < -0.39 is 5.97 Å². The number of nitrogens with zero attached hydrogens (tertiary/aromatic N) is 5. The fraction of sp³-hybridized carbons (Fsp3) is 0.429. The van der Waals surface area contributed by atoms with Gasteiger partial charge in [-0.05, 0) is 33.0 Å². The van der Waals surface area contributed by atoms with Gasteiger partial charge in [-0.3, -0.25) is 4.68 Å². The Morgan fingerprint density at radius 2 is 2.09 bits per heavy atom. The Kier molecular flexibility index (Phi) is 3.76. The number of nitrogens with two attached hydrogens (primary N) is 1. The van der Waals surface area contributed by atoms with E-state index in [1.807, 2.05) is 10.9 Å². The number of nitrogen functional groups attached to an aromatic ring is 1. The Bertz CT molecular complexity index is 690. The number of piperidine rings is 1. The van der Waals surface area contributed by atoms with Crippen LogP contribution in [0.5, 0.6) is 0 Å². The summed E-state index contributed by atoms with van der Waals surface area (Å²) < 4.78 is 1.93. The van der Waals surface area contributed by atoms with Gasteiger partial charge in [0.05, 0.1) is 24.1 Å². The maximum atomic E-state index is 11.1. The van der Waals surface area contributed by atoms with Crippen molar-refractivity contribution in [2.24, 2.45) is 0 Å². The van der Waals surface area contributed by atoms with Crippen LogP contribution < -0.4 is 5.73 Å². The van der Waals surface area contributed by atoms with Gasteiger partial charge in [-0.2, -0.15) is 5.10 Å².